The van der Waals surface area contributed by atoms with Crippen LogP contribution in [0.2, 0.25) is 0 Å². The van der Waals surface area contributed by atoms with E-state index in [-0.39, 0.29) is 6.54 Å². The Kier molecular flexibility index (Phi) is 4.05. The molecular formula is C14H16N2O4. The number of benzene rings is 1. The van der Waals surface area contributed by atoms with E-state index in [1.807, 2.05) is 30.3 Å². The number of carboxylic acid groups (broad SMARTS) is 1. The number of fused-ring (bicyclic) bond motifs is 1. The molecule has 0 aliphatic rings. The molecule has 3 N–H and O–H groups in total. The number of carbonyl (C=O) groups excluding carboxylic acids is 1. The van der Waals surface area contributed by atoms with Gasteiger partial charge in [0.05, 0.1) is 6.10 Å². The largest absolute Gasteiger partial charge is 0.480 e. The normalized spacial score (nSPS) is 13.9. The van der Waals surface area contributed by atoms with Gasteiger partial charge in [-0.3, -0.25) is 4.79 Å². The van der Waals surface area contributed by atoms with Crippen LogP contribution in [0.4, 0.5) is 0 Å². The maximum Gasteiger partial charge on any atom is 0.328 e. The molecule has 2 aromatic rings. The molecule has 106 valence electrons. The quantitative estimate of drug-likeness (QED) is 0.745. The van der Waals surface area contributed by atoms with Crippen LogP contribution in [-0.2, 0) is 16.1 Å². The molecule has 1 aromatic heterocycles. The molecule has 6 heteroatoms. The number of hydrogen-bond donors (Lipinski definition) is 3. The molecule has 2 unspecified atom stereocenters. The molecule has 1 amide bonds. The Morgan fingerprint density at radius 1 is 1.30 bits per heavy atom. The summed E-state index contributed by atoms with van der Waals surface area (Å²) in [7, 11) is 0. The van der Waals surface area contributed by atoms with Gasteiger partial charge in [-0.25, -0.2) is 4.79 Å². The van der Waals surface area contributed by atoms with Crippen molar-refractivity contribution < 1.29 is 19.8 Å². The second-order valence-corrected chi connectivity index (χ2v) is 4.63. The fraction of sp³-hybridized carbons (Fsp3) is 0.286. The number of aliphatic hydroxyl groups excluding tert-OH is 1. The van der Waals surface area contributed by atoms with Gasteiger partial charge in [-0.05, 0) is 24.4 Å². The average molecular weight is 276 g/mol. The van der Waals surface area contributed by atoms with E-state index in [4.69, 9.17) is 5.11 Å². The molecule has 2 atom stereocenters. The lowest BCUT2D eigenvalue weighted by Gasteiger charge is -2.17. The second kappa shape index (κ2) is 5.75. The number of para-hydroxylation sites is 1. The highest BCUT2D eigenvalue weighted by Crippen LogP contribution is 2.14. The molecule has 0 bridgehead atoms. The molecular weight excluding hydrogens is 260 g/mol. The van der Waals surface area contributed by atoms with Crippen molar-refractivity contribution in [1.29, 1.82) is 0 Å². The van der Waals surface area contributed by atoms with Crippen molar-refractivity contribution in [3.8, 4) is 0 Å². The van der Waals surface area contributed by atoms with Gasteiger partial charge >= 0.3 is 5.97 Å². The van der Waals surface area contributed by atoms with Gasteiger partial charge in [0.15, 0.2) is 6.04 Å². The van der Waals surface area contributed by atoms with Crippen LogP contribution >= 0.6 is 0 Å². The molecule has 2 rings (SSSR count). The van der Waals surface area contributed by atoms with Gasteiger partial charge in [-0.2, -0.15) is 0 Å². The van der Waals surface area contributed by atoms with Gasteiger partial charge in [-0.15, -0.1) is 0 Å². The van der Waals surface area contributed by atoms with Crippen LogP contribution in [0, 0.1) is 0 Å². The fourth-order valence-electron chi connectivity index (χ4n) is 2.04. The van der Waals surface area contributed by atoms with E-state index in [0.29, 0.717) is 0 Å². The minimum absolute atomic E-state index is 0.00398. The highest BCUT2D eigenvalue weighted by Gasteiger charge is 2.24. The van der Waals surface area contributed by atoms with Crippen LogP contribution < -0.4 is 5.32 Å². The lowest BCUT2D eigenvalue weighted by Crippen LogP contribution is -2.48. The molecule has 1 heterocycles. The van der Waals surface area contributed by atoms with Crippen molar-refractivity contribution in [2.45, 2.75) is 25.6 Å². The zero-order chi connectivity index (χ0) is 14.7. The summed E-state index contributed by atoms with van der Waals surface area (Å²) in [6, 6.07) is 8.16. The van der Waals surface area contributed by atoms with Crippen molar-refractivity contribution >= 4 is 22.8 Å². The first-order chi connectivity index (χ1) is 9.49. The van der Waals surface area contributed by atoms with Crippen molar-refractivity contribution in [3.05, 3.63) is 36.5 Å². The Morgan fingerprint density at radius 2 is 2.00 bits per heavy atom. The van der Waals surface area contributed by atoms with Crippen LogP contribution in [0.15, 0.2) is 36.5 Å². The molecule has 6 nitrogen and oxygen atoms in total. The number of aliphatic carboxylic acids is 1. The van der Waals surface area contributed by atoms with Crippen LogP contribution in [0.25, 0.3) is 10.9 Å². The Morgan fingerprint density at radius 3 is 2.65 bits per heavy atom. The monoisotopic (exact) mass is 276 g/mol. The molecule has 0 aliphatic carbocycles. The summed E-state index contributed by atoms with van der Waals surface area (Å²) >= 11 is 0. The molecule has 0 fully saturated rings. The van der Waals surface area contributed by atoms with E-state index in [0.717, 1.165) is 10.9 Å². The SMILES string of the molecule is CC(O)C(NC(=O)Cn1ccc2ccccc21)C(=O)O. The highest BCUT2D eigenvalue weighted by atomic mass is 16.4. The maximum absolute atomic E-state index is 11.9. The Hall–Kier alpha value is -2.34. The fourth-order valence-corrected chi connectivity index (χ4v) is 2.04. The van der Waals surface area contributed by atoms with Crippen molar-refractivity contribution in [2.75, 3.05) is 0 Å². The first kappa shape index (κ1) is 14.1. The molecule has 0 saturated heterocycles. The molecule has 0 spiro atoms. The lowest BCUT2D eigenvalue weighted by molar-refractivity contribution is -0.144. The Balaban J connectivity index is 2.10. The van der Waals surface area contributed by atoms with E-state index in [9.17, 15) is 14.7 Å². The van der Waals surface area contributed by atoms with Gasteiger partial charge in [0, 0.05) is 11.7 Å². The minimum Gasteiger partial charge on any atom is -0.480 e. The van der Waals surface area contributed by atoms with E-state index in [1.54, 1.807) is 10.8 Å². The molecule has 0 aliphatic heterocycles. The number of aliphatic hydroxyl groups is 1. The van der Waals surface area contributed by atoms with Gasteiger partial charge in [0.1, 0.15) is 6.54 Å². The summed E-state index contributed by atoms with van der Waals surface area (Å²) in [5, 5.41) is 21.6. The Labute approximate surface area is 115 Å². The summed E-state index contributed by atoms with van der Waals surface area (Å²) in [5.41, 5.74) is 0.895. The predicted molar refractivity (Wildman–Crippen MR) is 73.2 cm³/mol. The summed E-state index contributed by atoms with van der Waals surface area (Å²) < 4.78 is 1.73. The topological polar surface area (TPSA) is 91.6 Å². The molecule has 0 saturated carbocycles. The standard InChI is InChI=1S/C14H16N2O4/c1-9(17)13(14(19)20)15-12(18)8-16-7-6-10-4-2-3-5-11(10)16/h2-7,9,13,17H,8H2,1H3,(H,15,18)(H,19,20). The number of nitrogens with one attached hydrogen (secondary N) is 1. The zero-order valence-corrected chi connectivity index (χ0v) is 11.0. The number of carbonyl (C=O) groups is 2. The van der Waals surface area contributed by atoms with E-state index >= 15 is 0 Å². The van der Waals surface area contributed by atoms with E-state index < -0.39 is 24.0 Å². The number of nitrogens with zero attached hydrogens (tertiary/aromatic N) is 1. The molecule has 20 heavy (non-hydrogen) atoms. The predicted octanol–water partition coefficient (Wildman–Crippen LogP) is 0.591. The van der Waals surface area contributed by atoms with Crippen molar-refractivity contribution in [2.24, 2.45) is 0 Å². The number of carboxylic acids is 1. The summed E-state index contributed by atoms with van der Waals surface area (Å²) in [5.74, 6) is -1.72. The number of amides is 1. The van der Waals surface area contributed by atoms with Gasteiger partial charge in [-0.1, -0.05) is 18.2 Å². The van der Waals surface area contributed by atoms with Gasteiger partial charge in [0.2, 0.25) is 5.91 Å². The lowest BCUT2D eigenvalue weighted by atomic mass is 10.2. The van der Waals surface area contributed by atoms with Crippen LogP contribution in [0.3, 0.4) is 0 Å². The average Bonchev–Trinajstić information content (AvgIpc) is 2.79. The maximum atomic E-state index is 11.9. The number of hydrogen-bond acceptors (Lipinski definition) is 3. The number of aromatic nitrogens is 1. The third-order valence-corrected chi connectivity index (χ3v) is 3.06. The molecule has 1 aromatic carbocycles. The highest BCUT2D eigenvalue weighted by molar-refractivity contribution is 5.86. The third-order valence-electron chi connectivity index (χ3n) is 3.06. The van der Waals surface area contributed by atoms with Crippen LogP contribution in [0.1, 0.15) is 6.92 Å². The summed E-state index contributed by atoms with van der Waals surface area (Å²) in [4.78, 5) is 22.8. The van der Waals surface area contributed by atoms with Gasteiger partial charge < -0.3 is 20.1 Å². The van der Waals surface area contributed by atoms with E-state index in [1.165, 1.54) is 6.92 Å². The first-order valence-corrected chi connectivity index (χ1v) is 6.23. The minimum atomic E-state index is -1.30. The number of rotatable bonds is 5. The zero-order valence-electron chi connectivity index (χ0n) is 11.0. The summed E-state index contributed by atoms with van der Waals surface area (Å²) in [6.45, 7) is 1.33. The van der Waals surface area contributed by atoms with Crippen molar-refractivity contribution in [3.63, 3.8) is 0 Å². The van der Waals surface area contributed by atoms with Crippen LogP contribution in [0.5, 0.6) is 0 Å². The van der Waals surface area contributed by atoms with Gasteiger partial charge in [0.25, 0.3) is 0 Å². The third kappa shape index (κ3) is 2.97. The van der Waals surface area contributed by atoms with Crippen molar-refractivity contribution in [1.82, 2.24) is 9.88 Å². The smallest absolute Gasteiger partial charge is 0.328 e. The second-order valence-electron chi connectivity index (χ2n) is 4.63. The molecule has 0 radical (unpaired) electrons. The van der Waals surface area contributed by atoms with E-state index in [2.05, 4.69) is 5.32 Å². The first-order valence-electron chi connectivity index (χ1n) is 6.23. The Bertz CT molecular complexity index is 633. The summed E-state index contributed by atoms with van der Waals surface area (Å²) in [6.07, 6.45) is 0.612. The van der Waals surface area contributed by atoms with Crippen LogP contribution in [-0.4, -0.2) is 38.8 Å².